The van der Waals surface area contributed by atoms with Crippen molar-refractivity contribution in [1.82, 2.24) is 5.32 Å². The normalized spacial score (nSPS) is 13.6. The molecule has 0 amide bonds. The lowest BCUT2D eigenvalue weighted by Crippen LogP contribution is -2.24. The van der Waals surface area contributed by atoms with Gasteiger partial charge in [0.1, 0.15) is 10.6 Å². The Morgan fingerprint density at radius 3 is 2.04 bits per heavy atom. The third-order valence-corrected chi connectivity index (χ3v) is 5.68. The lowest BCUT2D eigenvalue weighted by Gasteiger charge is -2.18. The first-order valence-electron chi connectivity index (χ1n) is 9.01. The molecule has 0 aliphatic heterocycles. The van der Waals surface area contributed by atoms with Crippen molar-refractivity contribution >= 4 is 10.1 Å². The Labute approximate surface area is 165 Å². The highest BCUT2D eigenvalue weighted by atomic mass is 32.2. The highest BCUT2D eigenvalue weighted by molar-refractivity contribution is 7.87. The van der Waals surface area contributed by atoms with Crippen LogP contribution < -0.4 is 9.50 Å². The largest absolute Gasteiger partial charge is 0.387 e. The van der Waals surface area contributed by atoms with Crippen molar-refractivity contribution in [2.45, 2.75) is 24.0 Å². The van der Waals surface area contributed by atoms with Crippen molar-refractivity contribution in [2.24, 2.45) is 0 Å². The molecule has 0 aromatic heterocycles. The van der Waals surface area contributed by atoms with E-state index in [0.29, 0.717) is 12.1 Å². The van der Waals surface area contributed by atoms with Crippen LogP contribution in [0.4, 0.5) is 0 Å². The maximum atomic E-state index is 12.3. The minimum absolute atomic E-state index is 0.0956. The van der Waals surface area contributed by atoms with E-state index in [1.165, 1.54) is 12.1 Å². The SMILES string of the molecule is C[C@H](NC[C@H](O)c1ccc(OS(=O)(=O)c2ccccc2)cc1)c1ccccc1. The van der Waals surface area contributed by atoms with Gasteiger partial charge >= 0.3 is 10.1 Å². The van der Waals surface area contributed by atoms with Crippen LogP contribution in [0.5, 0.6) is 5.75 Å². The molecule has 5 nitrogen and oxygen atoms in total. The van der Waals surface area contributed by atoms with Gasteiger partial charge in [-0.3, -0.25) is 0 Å². The molecule has 0 radical (unpaired) electrons. The Morgan fingerprint density at radius 2 is 1.43 bits per heavy atom. The molecule has 2 atom stereocenters. The Balaban J connectivity index is 1.59. The average Bonchev–Trinajstić information content (AvgIpc) is 2.73. The van der Waals surface area contributed by atoms with E-state index in [1.54, 1.807) is 42.5 Å². The van der Waals surface area contributed by atoms with Gasteiger partial charge in [0.05, 0.1) is 6.10 Å². The van der Waals surface area contributed by atoms with E-state index in [4.69, 9.17) is 4.18 Å². The summed E-state index contributed by atoms with van der Waals surface area (Å²) in [5, 5.41) is 13.7. The van der Waals surface area contributed by atoms with Crippen molar-refractivity contribution in [3.63, 3.8) is 0 Å². The van der Waals surface area contributed by atoms with E-state index in [-0.39, 0.29) is 16.7 Å². The molecular weight excluding hydrogens is 374 g/mol. The second kappa shape index (κ2) is 9.01. The summed E-state index contributed by atoms with van der Waals surface area (Å²) in [7, 11) is -3.87. The lowest BCUT2D eigenvalue weighted by molar-refractivity contribution is 0.171. The zero-order chi connectivity index (χ0) is 20.0. The zero-order valence-corrected chi connectivity index (χ0v) is 16.3. The Kier molecular flexibility index (Phi) is 6.46. The molecule has 0 unspecified atom stereocenters. The van der Waals surface area contributed by atoms with Gasteiger partial charge in [-0.2, -0.15) is 8.42 Å². The summed E-state index contributed by atoms with van der Waals surface area (Å²) >= 11 is 0. The van der Waals surface area contributed by atoms with Crippen molar-refractivity contribution in [3.8, 4) is 5.75 Å². The van der Waals surface area contributed by atoms with E-state index < -0.39 is 16.2 Å². The Morgan fingerprint density at radius 1 is 0.857 bits per heavy atom. The fourth-order valence-electron chi connectivity index (χ4n) is 2.77. The van der Waals surface area contributed by atoms with E-state index in [1.807, 2.05) is 37.3 Å². The topological polar surface area (TPSA) is 75.6 Å². The summed E-state index contributed by atoms with van der Waals surface area (Å²) in [6.07, 6.45) is -0.717. The van der Waals surface area contributed by atoms with Gasteiger partial charge in [0.2, 0.25) is 0 Å². The predicted octanol–water partition coefficient (Wildman–Crippen LogP) is 3.84. The molecule has 3 rings (SSSR count). The number of benzene rings is 3. The minimum atomic E-state index is -3.87. The lowest BCUT2D eigenvalue weighted by atomic mass is 10.1. The number of hydrogen-bond acceptors (Lipinski definition) is 5. The van der Waals surface area contributed by atoms with Crippen LogP contribution in [-0.4, -0.2) is 20.1 Å². The molecule has 0 saturated heterocycles. The first-order valence-corrected chi connectivity index (χ1v) is 10.4. The van der Waals surface area contributed by atoms with E-state index in [2.05, 4.69) is 5.32 Å². The number of hydrogen-bond donors (Lipinski definition) is 2. The van der Waals surface area contributed by atoms with Gasteiger partial charge in [0.15, 0.2) is 0 Å². The molecule has 2 N–H and O–H groups in total. The highest BCUT2D eigenvalue weighted by Crippen LogP contribution is 2.22. The zero-order valence-electron chi connectivity index (χ0n) is 15.5. The Hall–Kier alpha value is -2.67. The molecule has 146 valence electrons. The number of rotatable bonds is 8. The van der Waals surface area contributed by atoms with Crippen LogP contribution in [0.15, 0.2) is 89.8 Å². The second-order valence-corrected chi connectivity index (χ2v) is 8.02. The van der Waals surface area contributed by atoms with Gasteiger partial charge in [-0.1, -0.05) is 60.7 Å². The van der Waals surface area contributed by atoms with Gasteiger partial charge in [0.25, 0.3) is 0 Å². The summed E-state index contributed by atoms with van der Waals surface area (Å²) in [5.41, 5.74) is 1.82. The summed E-state index contributed by atoms with van der Waals surface area (Å²) in [6, 6.07) is 24.5. The van der Waals surface area contributed by atoms with Crippen LogP contribution in [0.1, 0.15) is 30.2 Å². The standard InChI is InChI=1S/C22H23NO4S/c1-17(18-8-4-2-5-9-18)23-16-22(24)19-12-14-20(15-13-19)27-28(25,26)21-10-6-3-7-11-21/h2-15,17,22-24H,16H2,1H3/t17-,22-/m0/s1. The number of nitrogens with one attached hydrogen (secondary N) is 1. The van der Waals surface area contributed by atoms with E-state index in [9.17, 15) is 13.5 Å². The number of aliphatic hydroxyl groups excluding tert-OH is 1. The molecule has 3 aromatic rings. The van der Waals surface area contributed by atoms with Crippen LogP contribution in [0, 0.1) is 0 Å². The number of aliphatic hydroxyl groups is 1. The predicted molar refractivity (Wildman–Crippen MR) is 109 cm³/mol. The van der Waals surface area contributed by atoms with E-state index in [0.717, 1.165) is 5.56 Å². The smallest absolute Gasteiger partial charge is 0.339 e. The highest BCUT2D eigenvalue weighted by Gasteiger charge is 2.16. The van der Waals surface area contributed by atoms with Crippen LogP contribution in [-0.2, 0) is 10.1 Å². The van der Waals surface area contributed by atoms with Crippen LogP contribution in [0.25, 0.3) is 0 Å². The van der Waals surface area contributed by atoms with Gasteiger partial charge in [-0.15, -0.1) is 0 Å². The van der Waals surface area contributed by atoms with Crippen molar-refractivity contribution < 1.29 is 17.7 Å². The monoisotopic (exact) mass is 397 g/mol. The fourth-order valence-corrected chi connectivity index (χ4v) is 3.72. The summed E-state index contributed by atoms with van der Waals surface area (Å²) in [5.74, 6) is 0.199. The van der Waals surface area contributed by atoms with Crippen LogP contribution >= 0.6 is 0 Å². The van der Waals surface area contributed by atoms with Gasteiger partial charge in [-0.05, 0) is 42.3 Å². The summed E-state index contributed by atoms with van der Waals surface area (Å²) in [6.45, 7) is 2.41. The van der Waals surface area contributed by atoms with Crippen LogP contribution in [0.2, 0.25) is 0 Å². The molecule has 0 bridgehead atoms. The molecule has 6 heteroatoms. The third-order valence-electron chi connectivity index (χ3n) is 4.42. The van der Waals surface area contributed by atoms with Crippen LogP contribution in [0.3, 0.4) is 0 Å². The molecule has 0 fully saturated rings. The molecule has 3 aromatic carbocycles. The van der Waals surface area contributed by atoms with Gasteiger partial charge in [0, 0.05) is 12.6 Å². The van der Waals surface area contributed by atoms with Gasteiger partial charge < -0.3 is 14.6 Å². The molecule has 0 aliphatic rings. The van der Waals surface area contributed by atoms with Crippen molar-refractivity contribution in [2.75, 3.05) is 6.54 Å². The maximum Gasteiger partial charge on any atom is 0.339 e. The van der Waals surface area contributed by atoms with Crippen molar-refractivity contribution in [3.05, 3.63) is 96.1 Å². The maximum absolute atomic E-state index is 12.3. The van der Waals surface area contributed by atoms with Crippen molar-refractivity contribution in [1.29, 1.82) is 0 Å². The second-order valence-electron chi connectivity index (χ2n) is 6.48. The summed E-state index contributed by atoms with van der Waals surface area (Å²) < 4.78 is 29.7. The quantitative estimate of drug-likeness (QED) is 0.565. The molecule has 0 aliphatic carbocycles. The fraction of sp³-hybridized carbons (Fsp3) is 0.182. The molecular formula is C22H23NO4S. The molecule has 0 spiro atoms. The molecule has 28 heavy (non-hydrogen) atoms. The van der Waals surface area contributed by atoms with Gasteiger partial charge in [-0.25, -0.2) is 0 Å². The first-order chi connectivity index (χ1) is 13.5. The first kappa shape index (κ1) is 20.1. The summed E-state index contributed by atoms with van der Waals surface area (Å²) in [4.78, 5) is 0.0956. The molecule has 0 heterocycles. The molecule has 0 saturated carbocycles. The minimum Gasteiger partial charge on any atom is -0.387 e. The third kappa shape index (κ3) is 5.19. The van der Waals surface area contributed by atoms with E-state index >= 15 is 0 Å². The Bertz CT molecular complexity index is 974. The average molecular weight is 397 g/mol.